The van der Waals surface area contributed by atoms with Gasteiger partial charge in [0.15, 0.2) is 0 Å². The number of hydrogen-bond donors (Lipinski definition) is 0. The second-order valence-corrected chi connectivity index (χ2v) is 16.2. The third-order valence-corrected chi connectivity index (χ3v) is 10.6. The van der Waals surface area contributed by atoms with Gasteiger partial charge in [0.2, 0.25) is 0 Å². The third kappa shape index (κ3) is 5.88. The maximum atomic E-state index is 6.84. The van der Waals surface area contributed by atoms with Crippen molar-refractivity contribution in [3.05, 3.63) is 185 Å². The number of ether oxygens (including phenoxy) is 1. The van der Waals surface area contributed by atoms with Crippen molar-refractivity contribution in [2.75, 3.05) is 4.90 Å². The standard InChI is InChI=1S/C49H41N3O.Pt/c1-47(2,3)34-24-26-43-39(30-34)49(40-31-35(48(4,5)6)25-27-44(40)53-43)45-22-12-20-41(50-45)32-14-10-18-37(28-32)52(36-16-8-7-9-17-36)38-19-11-15-33(29-38)42-21-13-23-46(49)51-42;/h7-27,30-31H,1-6H3;/q-2;+2. The molecule has 2 aliphatic heterocycles. The second-order valence-electron chi connectivity index (χ2n) is 16.2. The van der Waals surface area contributed by atoms with E-state index in [-0.39, 0.29) is 31.9 Å². The zero-order chi connectivity index (χ0) is 36.5. The van der Waals surface area contributed by atoms with Gasteiger partial charge in [-0.05, 0) is 93.3 Å². The Labute approximate surface area is 333 Å². The molecule has 9 rings (SSSR count). The van der Waals surface area contributed by atoms with Crippen LogP contribution >= 0.6 is 0 Å². The fourth-order valence-corrected chi connectivity index (χ4v) is 7.75. The molecule has 0 fully saturated rings. The third-order valence-electron chi connectivity index (χ3n) is 10.6. The van der Waals surface area contributed by atoms with Gasteiger partial charge < -0.3 is 9.64 Å². The molecule has 5 aromatic carbocycles. The zero-order valence-corrected chi connectivity index (χ0v) is 33.6. The number of hydrogen-bond acceptors (Lipinski definition) is 4. The summed E-state index contributed by atoms with van der Waals surface area (Å²) in [7, 11) is 0. The monoisotopic (exact) mass is 882 g/mol. The van der Waals surface area contributed by atoms with E-state index in [1.165, 1.54) is 11.1 Å². The van der Waals surface area contributed by atoms with E-state index in [4.69, 9.17) is 14.7 Å². The van der Waals surface area contributed by atoms with E-state index in [0.717, 1.165) is 73.6 Å². The van der Waals surface area contributed by atoms with Crippen LogP contribution in [-0.4, -0.2) is 9.97 Å². The number of benzene rings is 5. The van der Waals surface area contributed by atoms with Gasteiger partial charge in [-0.3, -0.25) is 9.97 Å². The number of rotatable bonds is 1. The Morgan fingerprint density at radius 3 is 1.44 bits per heavy atom. The Morgan fingerprint density at radius 1 is 0.519 bits per heavy atom. The van der Waals surface area contributed by atoms with E-state index in [0.29, 0.717) is 0 Å². The molecule has 268 valence electrons. The first kappa shape index (κ1) is 35.7. The minimum atomic E-state index is -0.924. The van der Waals surface area contributed by atoms with Crippen molar-refractivity contribution in [3.63, 3.8) is 0 Å². The molecule has 0 N–H and O–H groups in total. The molecule has 4 heterocycles. The van der Waals surface area contributed by atoms with Crippen LogP contribution in [0.4, 0.5) is 17.1 Å². The average Bonchev–Trinajstić information content (AvgIpc) is 3.16. The molecule has 0 unspecified atom stereocenters. The van der Waals surface area contributed by atoms with Gasteiger partial charge >= 0.3 is 21.1 Å². The number of para-hydroxylation sites is 1. The van der Waals surface area contributed by atoms with E-state index < -0.39 is 5.41 Å². The van der Waals surface area contributed by atoms with Crippen LogP contribution < -0.4 is 9.64 Å². The second kappa shape index (κ2) is 13.2. The summed E-state index contributed by atoms with van der Waals surface area (Å²) in [6.45, 7) is 13.5. The predicted molar refractivity (Wildman–Crippen MR) is 215 cm³/mol. The van der Waals surface area contributed by atoms with Crippen molar-refractivity contribution in [1.82, 2.24) is 9.97 Å². The Hall–Kier alpha value is -5.31. The van der Waals surface area contributed by atoms with E-state index >= 15 is 0 Å². The fraction of sp³-hybridized carbons (Fsp3) is 0.184. The molecular weight excluding hydrogens is 842 g/mol. The first-order chi connectivity index (χ1) is 25.5. The van der Waals surface area contributed by atoms with Crippen molar-refractivity contribution >= 4 is 17.1 Å². The SMILES string of the molecule is CC(C)(C)c1ccc2c(c1)C1(c3cccc(n3)-c3[c-]c(ccc3)N(c3ccccc3)c3[c-]c(ccc3)-c3cccc1n3)c1cc(C(C)(C)C)ccc1O2.[Pt+2]. The average molecular weight is 883 g/mol. The molecule has 0 atom stereocenters. The number of pyridine rings is 2. The van der Waals surface area contributed by atoms with Crippen molar-refractivity contribution in [3.8, 4) is 34.0 Å². The molecule has 7 aromatic rings. The molecule has 0 amide bonds. The molecule has 2 aliphatic rings. The smallest absolute Gasteiger partial charge is 0.457 e. The number of nitrogens with zero attached hydrogens (tertiary/aromatic N) is 3. The minimum absolute atomic E-state index is 0. The van der Waals surface area contributed by atoms with Gasteiger partial charge in [-0.1, -0.05) is 96.1 Å². The van der Waals surface area contributed by atoms with E-state index in [9.17, 15) is 0 Å². The van der Waals surface area contributed by atoms with Crippen LogP contribution in [0.3, 0.4) is 0 Å². The molecule has 0 aliphatic carbocycles. The maximum Gasteiger partial charge on any atom is 2.00 e. The van der Waals surface area contributed by atoms with Gasteiger partial charge in [0.05, 0.1) is 11.4 Å². The molecule has 4 nitrogen and oxygen atoms in total. The Balaban J connectivity index is 0.00000413. The summed E-state index contributed by atoms with van der Waals surface area (Å²) in [6.07, 6.45) is 0. The molecular formula is C49H41N3OPt. The van der Waals surface area contributed by atoms with Crippen LogP contribution in [0, 0.1) is 12.1 Å². The van der Waals surface area contributed by atoms with Crippen molar-refractivity contribution in [1.29, 1.82) is 0 Å². The summed E-state index contributed by atoms with van der Waals surface area (Å²) >= 11 is 0. The van der Waals surface area contributed by atoms with E-state index in [1.807, 2.05) is 6.07 Å². The van der Waals surface area contributed by atoms with Crippen LogP contribution in [0.25, 0.3) is 22.5 Å². The van der Waals surface area contributed by atoms with Crippen molar-refractivity contribution in [2.24, 2.45) is 0 Å². The normalized spacial score (nSPS) is 13.9. The van der Waals surface area contributed by atoms with Crippen LogP contribution in [0.2, 0.25) is 0 Å². The number of aromatic nitrogens is 2. The number of fused-ring (bicyclic) bond motifs is 16. The largest absolute Gasteiger partial charge is 2.00 e. The molecule has 0 radical (unpaired) electrons. The summed E-state index contributed by atoms with van der Waals surface area (Å²) in [5.41, 5.74) is 11.3. The van der Waals surface area contributed by atoms with Gasteiger partial charge in [0.25, 0.3) is 0 Å². The predicted octanol–water partition coefficient (Wildman–Crippen LogP) is 12.3. The Kier molecular flexibility index (Phi) is 8.74. The fourth-order valence-electron chi connectivity index (χ4n) is 7.75. The molecule has 8 bridgehead atoms. The minimum Gasteiger partial charge on any atom is -0.457 e. The van der Waals surface area contributed by atoms with Gasteiger partial charge in [0, 0.05) is 16.8 Å². The summed E-state index contributed by atoms with van der Waals surface area (Å²) in [5, 5.41) is 0. The van der Waals surface area contributed by atoms with Crippen LogP contribution in [-0.2, 0) is 37.3 Å². The molecule has 5 heteroatoms. The van der Waals surface area contributed by atoms with E-state index in [1.54, 1.807) is 0 Å². The first-order valence-corrected chi connectivity index (χ1v) is 18.3. The Morgan fingerprint density at radius 2 is 0.981 bits per heavy atom. The molecule has 0 saturated heterocycles. The van der Waals surface area contributed by atoms with Crippen LogP contribution in [0.1, 0.15) is 75.2 Å². The van der Waals surface area contributed by atoms with Crippen molar-refractivity contribution < 1.29 is 25.8 Å². The van der Waals surface area contributed by atoms with E-state index in [2.05, 4.69) is 192 Å². The summed E-state index contributed by atoms with van der Waals surface area (Å²) in [6, 6.07) is 56.5. The topological polar surface area (TPSA) is 38.2 Å². The first-order valence-electron chi connectivity index (χ1n) is 18.3. The maximum absolute atomic E-state index is 6.84. The molecule has 54 heavy (non-hydrogen) atoms. The van der Waals surface area contributed by atoms with Crippen LogP contribution in [0.15, 0.2) is 140 Å². The van der Waals surface area contributed by atoms with Crippen LogP contribution in [0.5, 0.6) is 11.5 Å². The molecule has 0 saturated carbocycles. The summed E-state index contributed by atoms with van der Waals surface area (Å²) in [5.74, 6) is 1.60. The Bertz CT molecular complexity index is 2370. The van der Waals surface area contributed by atoms with Crippen molar-refractivity contribution in [2.45, 2.75) is 57.8 Å². The summed E-state index contributed by atoms with van der Waals surface area (Å²) < 4.78 is 6.84. The summed E-state index contributed by atoms with van der Waals surface area (Å²) in [4.78, 5) is 13.4. The molecule has 2 aromatic heterocycles. The molecule has 1 spiro atoms. The number of anilines is 3. The van der Waals surface area contributed by atoms with Gasteiger partial charge in [-0.15, -0.1) is 59.7 Å². The quantitative estimate of drug-likeness (QED) is 0.154. The van der Waals surface area contributed by atoms with Gasteiger partial charge in [0.1, 0.15) is 16.9 Å². The zero-order valence-electron chi connectivity index (χ0n) is 31.3. The van der Waals surface area contributed by atoms with Gasteiger partial charge in [-0.25, -0.2) is 0 Å². The van der Waals surface area contributed by atoms with Gasteiger partial charge in [-0.2, -0.15) is 0 Å².